The molecule has 0 aliphatic heterocycles. The van der Waals surface area contributed by atoms with Gasteiger partial charge in [-0.25, -0.2) is 41.5 Å². The molecule has 144 heavy (non-hydrogen) atoms. The van der Waals surface area contributed by atoms with E-state index in [2.05, 4.69) is 52.8 Å². The number of aliphatic hydroxyl groups excluding tert-OH is 1. The molecule has 3 unspecified atom stereocenters. The summed E-state index contributed by atoms with van der Waals surface area (Å²) >= 11 is 0. The second kappa shape index (κ2) is 47.8. The smallest absolute Gasteiger partial charge is 0.341 e. The number of amides is 8. The van der Waals surface area contributed by atoms with Gasteiger partial charge in [0.15, 0.2) is 18.1 Å². The zero-order chi connectivity index (χ0) is 103. The molecule has 37 heteroatoms. The number of carboxylic acids is 3. The summed E-state index contributed by atoms with van der Waals surface area (Å²) in [4.78, 5) is 87.8. The Bertz CT molecular complexity index is 6880. The molecular weight excluding hydrogens is 1870 g/mol. The molecule has 8 aromatic carbocycles. The summed E-state index contributed by atoms with van der Waals surface area (Å²) in [5.74, 6) is 0.307. The Kier molecular flexibility index (Phi) is 34.4. The Hall–Kier alpha value is -17.6. The van der Waals surface area contributed by atoms with Crippen LogP contribution in [0.2, 0.25) is 0 Å². The van der Waals surface area contributed by atoms with Crippen LogP contribution in [0.1, 0.15) is 135 Å². The number of halogens is 4. The van der Waals surface area contributed by atoms with E-state index in [0.717, 1.165) is 66.8 Å². The summed E-state index contributed by atoms with van der Waals surface area (Å²) in [7, 11) is 11.8. The highest BCUT2D eigenvalue weighted by atomic mass is 19.1. The van der Waals surface area contributed by atoms with E-state index in [4.69, 9.17) is 66.1 Å². The Morgan fingerprint density at radius 1 is 0.424 bits per heavy atom. The lowest BCUT2D eigenvalue weighted by Gasteiger charge is -2.23. The quantitative estimate of drug-likeness (QED) is 0.0170. The first-order valence-corrected chi connectivity index (χ1v) is 44.7. The van der Waals surface area contributed by atoms with Gasteiger partial charge in [-0.3, -0.25) is 14.6 Å². The molecule has 4 aromatic heterocycles. The first kappa shape index (κ1) is 104. The van der Waals surface area contributed by atoms with Crippen LogP contribution in [0.25, 0.3) is 52.0 Å². The fourth-order valence-corrected chi connectivity index (χ4v) is 17.0. The maximum Gasteiger partial charge on any atom is 0.341 e. The van der Waals surface area contributed by atoms with Crippen LogP contribution in [0.5, 0.6) is 51.7 Å². The minimum Gasteiger partial charge on any atom is -0.496 e. The van der Waals surface area contributed by atoms with Gasteiger partial charge in [0.25, 0.3) is 0 Å². The van der Waals surface area contributed by atoms with E-state index in [1.165, 1.54) is 130 Å². The van der Waals surface area contributed by atoms with E-state index in [1.54, 1.807) is 115 Å². The molecule has 4 heterocycles. The Labute approximate surface area is 824 Å². The number of furan rings is 3. The van der Waals surface area contributed by atoms with E-state index >= 15 is 0 Å². The number of aromatic nitrogens is 1. The fraction of sp³-hybridized carbons (Fsp3) is 0.215. The lowest BCUT2D eigenvalue weighted by atomic mass is 9.86. The zero-order valence-corrected chi connectivity index (χ0v) is 80.2. The lowest BCUT2D eigenvalue weighted by Crippen LogP contribution is -2.39. The second-order valence-corrected chi connectivity index (χ2v) is 32.8. The van der Waals surface area contributed by atoms with Crippen LogP contribution in [-0.2, 0) is 53.5 Å². The molecule has 0 bridgehead atoms. The van der Waals surface area contributed by atoms with Crippen molar-refractivity contribution in [3.05, 3.63) is 336 Å². The number of aliphatic carboxylic acids is 3. The van der Waals surface area contributed by atoms with Gasteiger partial charge >= 0.3 is 42.0 Å². The van der Waals surface area contributed by atoms with Crippen molar-refractivity contribution in [2.24, 2.45) is 5.92 Å². The molecule has 0 radical (unpaired) electrons. The fourth-order valence-electron chi connectivity index (χ4n) is 17.0. The SMILES string of the molecule is COc1cc(/C=C2/C(C)=C(NC(=O)NCc3ccco3)c3cc(F)ccc32)cc(OC)c1CO.COc1cc(/C=C2/C(C)=C(NC(=O)NCc3ccco3)c3cc(F)ccc32)cc(OC)c1NCC(=O)O.COc1cc(/C=C2/C(C)=C(NC(=O)Nc3cccnc3)c3cc(F)ccc32)cc(OC)c1OCC(=O)O.COc1cc(CC2c3ccc(F)cc3C(NC(=O)NCc3ccco3)C2C)cc(OC)c1CC(=O)O. The van der Waals surface area contributed by atoms with Crippen LogP contribution in [-0.4, -0.2) is 137 Å². The van der Waals surface area contributed by atoms with Crippen molar-refractivity contribution < 1.29 is 127 Å². The number of hydrogen-bond donors (Lipinski definition) is 13. The highest BCUT2D eigenvalue weighted by Gasteiger charge is 2.40. The number of carbonyl (C=O) groups is 7. The van der Waals surface area contributed by atoms with Gasteiger partial charge < -0.3 is 124 Å². The zero-order valence-electron chi connectivity index (χ0n) is 80.2. The number of anilines is 2. The summed E-state index contributed by atoms with van der Waals surface area (Å²) in [5, 5.41) is 62.2. The molecule has 4 aliphatic rings. The van der Waals surface area contributed by atoms with Crippen molar-refractivity contribution in [2.75, 3.05) is 80.7 Å². The molecule has 13 N–H and O–H groups in total. The van der Waals surface area contributed by atoms with E-state index in [0.29, 0.717) is 131 Å². The van der Waals surface area contributed by atoms with Crippen LogP contribution in [0.4, 0.5) is 48.1 Å². The molecule has 12 aromatic rings. The van der Waals surface area contributed by atoms with Crippen molar-refractivity contribution in [1.29, 1.82) is 0 Å². The van der Waals surface area contributed by atoms with Crippen LogP contribution < -0.4 is 90.5 Å². The van der Waals surface area contributed by atoms with Crippen LogP contribution >= 0.6 is 0 Å². The van der Waals surface area contributed by atoms with Gasteiger partial charge in [0, 0.05) is 28.5 Å². The molecule has 0 saturated carbocycles. The van der Waals surface area contributed by atoms with E-state index in [1.807, 2.05) is 58.1 Å². The predicted octanol–water partition coefficient (Wildman–Crippen LogP) is 18.8. The molecule has 3 atom stereocenters. The summed E-state index contributed by atoms with van der Waals surface area (Å²) in [5.41, 5.74) is 16.5. The number of urea groups is 4. The van der Waals surface area contributed by atoms with Crippen molar-refractivity contribution in [1.82, 2.24) is 42.2 Å². The number of aliphatic hydroxyl groups is 1. The number of fused-ring (bicyclic) bond motifs is 4. The minimum atomic E-state index is -1.14. The van der Waals surface area contributed by atoms with E-state index in [9.17, 15) is 61.3 Å². The van der Waals surface area contributed by atoms with E-state index < -0.39 is 66.1 Å². The molecular formula is C107H104F4N10O23. The van der Waals surface area contributed by atoms with E-state index in [-0.39, 0.29) is 80.1 Å². The second-order valence-electron chi connectivity index (χ2n) is 32.8. The third-order valence-corrected chi connectivity index (χ3v) is 23.8. The number of ether oxygens (including phenoxy) is 9. The number of carboxylic acid groups (broad SMARTS) is 3. The summed E-state index contributed by atoms with van der Waals surface area (Å²) in [6.07, 6.45) is 13.7. The van der Waals surface area contributed by atoms with Crippen LogP contribution in [0.15, 0.2) is 231 Å². The number of rotatable bonds is 33. The molecule has 33 nitrogen and oxygen atoms in total. The predicted molar refractivity (Wildman–Crippen MR) is 529 cm³/mol. The number of nitrogens with zero attached hydrogens (tertiary/aromatic N) is 1. The first-order chi connectivity index (χ1) is 69.3. The van der Waals surface area contributed by atoms with Gasteiger partial charge in [0.05, 0.1) is 149 Å². The highest BCUT2D eigenvalue weighted by Crippen LogP contribution is 2.51. The maximum absolute atomic E-state index is 14.2. The number of allylic oxidation sites excluding steroid dienone is 6. The Morgan fingerprint density at radius 2 is 0.826 bits per heavy atom. The topological polar surface area (TPSA) is 444 Å². The average Bonchev–Trinajstić information content (AvgIpc) is 1.63. The summed E-state index contributed by atoms with van der Waals surface area (Å²) < 4.78 is 121. The number of benzene rings is 8. The summed E-state index contributed by atoms with van der Waals surface area (Å²) in [6, 6.07) is 43.6. The van der Waals surface area contributed by atoms with Gasteiger partial charge in [0.1, 0.15) is 87.3 Å². The molecule has 0 fully saturated rings. The molecule has 4 aliphatic carbocycles. The van der Waals surface area contributed by atoms with Gasteiger partial charge in [-0.05, 0) is 286 Å². The maximum atomic E-state index is 14.2. The molecule has 16 rings (SSSR count). The van der Waals surface area contributed by atoms with Gasteiger partial charge in [-0.2, -0.15) is 0 Å². The van der Waals surface area contributed by atoms with Gasteiger partial charge in [-0.1, -0.05) is 31.2 Å². The van der Waals surface area contributed by atoms with Crippen molar-refractivity contribution in [2.45, 2.75) is 78.7 Å². The van der Waals surface area contributed by atoms with Crippen LogP contribution in [0.3, 0.4) is 0 Å². The number of nitrogens with one attached hydrogen (secondary N) is 9. The monoisotopic (exact) mass is 1970 g/mol. The average molecular weight is 1970 g/mol. The van der Waals surface area contributed by atoms with Gasteiger partial charge in [-0.15, -0.1) is 0 Å². The summed E-state index contributed by atoms with van der Waals surface area (Å²) in [6.45, 7) is 7.09. The van der Waals surface area contributed by atoms with Crippen LogP contribution in [0, 0.1) is 29.2 Å². The highest BCUT2D eigenvalue weighted by molar-refractivity contribution is 6.11. The standard InChI is InChI=1S/C27H26FN3O6.C27H24FN3O6.C27H29FN2O6.C26H25FN2O5/c1-15-20(9-16-10-22(35-2)26(23(11-16)36-3)29-14-24(32)33)19-7-6-17(28)12-21(19)25(15)31-27(34)30-13-18-5-4-8-37-18;1-15-20(9-16-10-22(35-2)26(23(11-16)36-3)37-14-24(32)33)19-7-6-17(28)12-21(19)25(15)31-27(34)30-18-5-4-8-29-13-18;1-15-20(9-16-10-23(34-2)22(13-25(31)32)24(11-16)35-3)19-7-6-17(28)12-21(19)26(15)30-27(33)29-14-18-5-4-8-36-18;1-15-20(9-16-10-23(32-2)22(14-30)24(11-16)33-3)19-7-6-17(27)12-21(19)25(15)29-26(31)28-13-18-5-4-8-34-18/h4-12,29H,13-14H2,1-3H3,(H,32,33)(H2,30,31,34);4-13H,14H2,1-3H3,(H,32,33)(H2,30,31,34);4-8,10-12,15,20,26H,9,13-14H2,1-3H3,(H,31,32)(H2,29,30,33);4-12,30H,13-14H2,1-3H3,(H2,28,29,31)/b2*20-9-;;20-9-. The normalized spacial score (nSPS) is 14.7. The minimum absolute atomic E-state index is 0.0318. The third-order valence-electron chi connectivity index (χ3n) is 23.8. The number of carbonyl (C=O) groups excluding carboxylic acids is 4. The molecule has 0 saturated heterocycles. The molecule has 8 amide bonds. The molecule has 748 valence electrons. The largest absolute Gasteiger partial charge is 0.496 e. The number of hydrogen-bond acceptors (Lipinski definition) is 22. The third kappa shape index (κ3) is 25.1. The van der Waals surface area contributed by atoms with Gasteiger partial charge in [0.2, 0.25) is 5.75 Å². The number of pyridine rings is 1. The Morgan fingerprint density at radius 3 is 1.22 bits per heavy atom. The number of methoxy groups -OCH3 is 8. The van der Waals surface area contributed by atoms with Crippen molar-refractivity contribution in [3.63, 3.8) is 0 Å². The Balaban J connectivity index is 0.000000161. The molecule has 0 spiro atoms. The first-order valence-electron chi connectivity index (χ1n) is 44.7. The lowest BCUT2D eigenvalue weighted by molar-refractivity contribution is -0.139. The van der Waals surface area contributed by atoms with Crippen molar-refractivity contribution in [3.8, 4) is 51.7 Å². The van der Waals surface area contributed by atoms with Crippen molar-refractivity contribution >= 4 is 105 Å².